The summed E-state index contributed by atoms with van der Waals surface area (Å²) in [4.78, 5) is 27.9. The van der Waals surface area contributed by atoms with Gasteiger partial charge < -0.3 is 10.2 Å². The Labute approximate surface area is 152 Å². The van der Waals surface area contributed by atoms with Gasteiger partial charge in [0.05, 0.1) is 5.69 Å². The molecule has 0 saturated carbocycles. The van der Waals surface area contributed by atoms with Crippen molar-refractivity contribution in [3.8, 4) is 0 Å². The topological polar surface area (TPSA) is 49.4 Å². The van der Waals surface area contributed by atoms with Crippen LogP contribution in [0.5, 0.6) is 0 Å². The third kappa shape index (κ3) is 5.36. The molecule has 2 aromatic carbocycles. The number of carbonyl (C=O) groups excluding carboxylic acids is 2. The van der Waals surface area contributed by atoms with Crippen molar-refractivity contribution < 1.29 is 9.59 Å². The first-order chi connectivity index (χ1) is 12.2. The van der Waals surface area contributed by atoms with Gasteiger partial charge in [0.1, 0.15) is 0 Å². The van der Waals surface area contributed by atoms with E-state index >= 15 is 0 Å². The van der Waals surface area contributed by atoms with Gasteiger partial charge in [0.25, 0.3) is 0 Å². The Morgan fingerprint density at radius 1 is 0.960 bits per heavy atom. The molecule has 0 atom stereocenters. The minimum absolute atomic E-state index is 0.290. The molecule has 4 nitrogen and oxygen atoms in total. The van der Waals surface area contributed by atoms with Crippen molar-refractivity contribution in [1.82, 2.24) is 4.90 Å². The Balaban J connectivity index is 2.14. The summed E-state index contributed by atoms with van der Waals surface area (Å²) in [7, 11) is 0. The van der Waals surface area contributed by atoms with Gasteiger partial charge in [-0.25, -0.2) is 0 Å². The molecule has 0 saturated heterocycles. The molecule has 0 radical (unpaired) electrons. The largest absolute Gasteiger partial charge is 0.327 e. The van der Waals surface area contributed by atoms with Crippen LogP contribution >= 0.6 is 11.8 Å². The van der Waals surface area contributed by atoms with E-state index in [1.807, 2.05) is 48.5 Å². The van der Waals surface area contributed by atoms with Crippen LogP contribution in [0.2, 0.25) is 0 Å². The lowest BCUT2D eigenvalue weighted by molar-refractivity contribution is -0.142. The maximum atomic E-state index is 12.3. The molecule has 0 aliphatic carbocycles. The van der Waals surface area contributed by atoms with Gasteiger partial charge >= 0.3 is 11.8 Å². The standard InChI is InChI=1S/C20H20N2O2S/c1-3-14-22(15-4-2)20(24)19(23)21-17-12-8-9-13-18(17)25-16-10-6-5-7-11-16/h3-13H,1-2,14-15H2,(H,21,23). The fourth-order valence-electron chi connectivity index (χ4n) is 2.15. The van der Waals surface area contributed by atoms with Crippen LogP contribution in [-0.4, -0.2) is 29.8 Å². The molecule has 2 amide bonds. The number of nitrogens with zero attached hydrogens (tertiary/aromatic N) is 1. The van der Waals surface area contributed by atoms with Gasteiger partial charge in [-0.2, -0.15) is 0 Å². The number of hydrogen-bond donors (Lipinski definition) is 1. The zero-order valence-corrected chi connectivity index (χ0v) is 14.7. The number of nitrogens with one attached hydrogen (secondary N) is 1. The summed E-state index contributed by atoms with van der Waals surface area (Å²) in [6.07, 6.45) is 3.15. The molecule has 0 aromatic heterocycles. The van der Waals surface area contributed by atoms with Crippen molar-refractivity contribution in [3.05, 3.63) is 79.9 Å². The van der Waals surface area contributed by atoms with Gasteiger partial charge in [-0.1, -0.05) is 54.2 Å². The van der Waals surface area contributed by atoms with Crippen LogP contribution in [0.3, 0.4) is 0 Å². The van der Waals surface area contributed by atoms with Gasteiger partial charge in [0.2, 0.25) is 0 Å². The quantitative estimate of drug-likeness (QED) is 0.606. The highest BCUT2D eigenvalue weighted by Crippen LogP contribution is 2.33. The maximum absolute atomic E-state index is 12.3. The van der Waals surface area contributed by atoms with Crippen LogP contribution in [-0.2, 0) is 9.59 Å². The second kappa shape index (κ2) is 9.49. The highest BCUT2D eigenvalue weighted by Gasteiger charge is 2.21. The predicted molar refractivity (Wildman–Crippen MR) is 103 cm³/mol. The number of amides is 2. The molecule has 5 heteroatoms. The summed E-state index contributed by atoms with van der Waals surface area (Å²) in [5.41, 5.74) is 0.604. The first-order valence-electron chi connectivity index (χ1n) is 7.79. The predicted octanol–water partition coefficient (Wildman–Crippen LogP) is 3.98. The normalized spacial score (nSPS) is 9.92. The van der Waals surface area contributed by atoms with Gasteiger partial charge in [0, 0.05) is 22.9 Å². The monoisotopic (exact) mass is 352 g/mol. The van der Waals surface area contributed by atoms with Gasteiger partial charge in [-0.15, -0.1) is 13.2 Å². The fraction of sp³-hybridized carbons (Fsp3) is 0.100. The van der Waals surface area contributed by atoms with Crippen molar-refractivity contribution in [1.29, 1.82) is 0 Å². The van der Waals surface area contributed by atoms with Crippen molar-refractivity contribution in [3.63, 3.8) is 0 Å². The van der Waals surface area contributed by atoms with E-state index < -0.39 is 11.8 Å². The highest BCUT2D eigenvalue weighted by atomic mass is 32.2. The summed E-state index contributed by atoms with van der Waals surface area (Å²) in [5.74, 6) is -1.29. The summed E-state index contributed by atoms with van der Waals surface area (Å²) >= 11 is 1.52. The third-order valence-corrected chi connectivity index (χ3v) is 4.37. The Morgan fingerprint density at radius 2 is 1.56 bits per heavy atom. The molecule has 128 valence electrons. The van der Waals surface area contributed by atoms with E-state index in [1.165, 1.54) is 16.7 Å². The van der Waals surface area contributed by atoms with Crippen LogP contribution in [0.4, 0.5) is 5.69 Å². The SMILES string of the molecule is C=CCN(CC=C)C(=O)C(=O)Nc1ccccc1Sc1ccccc1. The zero-order chi connectivity index (χ0) is 18.1. The van der Waals surface area contributed by atoms with E-state index in [0.717, 1.165) is 9.79 Å². The minimum Gasteiger partial charge on any atom is -0.327 e. The van der Waals surface area contributed by atoms with E-state index in [0.29, 0.717) is 18.8 Å². The maximum Gasteiger partial charge on any atom is 0.313 e. The lowest BCUT2D eigenvalue weighted by atomic mass is 10.3. The van der Waals surface area contributed by atoms with E-state index in [-0.39, 0.29) is 0 Å². The smallest absolute Gasteiger partial charge is 0.313 e. The van der Waals surface area contributed by atoms with Crippen molar-refractivity contribution in [2.24, 2.45) is 0 Å². The number of rotatable bonds is 7. The first kappa shape index (κ1) is 18.5. The van der Waals surface area contributed by atoms with Crippen LogP contribution < -0.4 is 5.32 Å². The Bertz CT molecular complexity index is 749. The molecule has 0 spiro atoms. The summed E-state index contributed by atoms with van der Waals surface area (Å²) in [5, 5.41) is 2.71. The highest BCUT2D eigenvalue weighted by molar-refractivity contribution is 7.99. The molecule has 2 aromatic rings. The van der Waals surface area contributed by atoms with Gasteiger partial charge in [-0.3, -0.25) is 9.59 Å². The number of anilines is 1. The average molecular weight is 352 g/mol. The number of benzene rings is 2. The number of para-hydroxylation sites is 1. The molecule has 0 aliphatic heterocycles. The molecule has 0 bridgehead atoms. The molecular formula is C20H20N2O2S. The van der Waals surface area contributed by atoms with Crippen molar-refractivity contribution in [2.75, 3.05) is 18.4 Å². The average Bonchev–Trinajstić information content (AvgIpc) is 2.63. The Kier molecular flexibility index (Phi) is 7.04. The Morgan fingerprint density at radius 3 is 2.20 bits per heavy atom. The number of carbonyl (C=O) groups is 2. The Hall–Kier alpha value is -2.79. The lowest BCUT2D eigenvalue weighted by Crippen LogP contribution is -2.40. The van der Waals surface area contributed by atoms with E-state index in [4.69, 9.17) is 0 Å². The fourth-order valence-corrected chi connectivity index (χ4v) is 3.07. The van der Waals surface area contributed by atoms with E-state index in [2.05, 4.69) is 18.5 Å². The van der Waals surface area contributed by atoms with Gasteiger partial charge in [0.15, 0.2) is 0 Å². The molecule has 0 aliphatic rings. The van der Waals surface area contributed by atoms with Crippen molar-refractivity contribution in [2.45, 2.75) is 9.79 Å². The number of hydrogen-bond acceptors (Lipinski definition) is 3. The van der Waals surface area contributed by atoms with E-state index in [1.54, 1.807) is 18.2 Å². The van der Waals surface area contributed by atoms with E-state index in [9.17, 15) is 9.59 Å². The molecule has 1 N–H and O–H groups in total. The zero-order valence-electron chi connectivity index (χ0n) is 13.9. The molecule has 2 rings (SSSR count). The van der Waals surface area contributed by atoms with Gasteiger partial charge in [-0.05, 0) is 24.3 Å². The molecule has 0 heterocycles. The van der Waals surface area contributed by atoms with Crippen LogP contribution in [0, 0.1) is 0 Å². The van der Waals surface area contributed by atoms with Crippen LogP contribution in [0.1, 0.15) is 0 Å². The van der Waals surface area contributed by atoms with Crippen molar-refractivity contribution >= 4 is 29.3 Å². The lowest BCUT2D eigenvalue weighted by Gasteiger charge is -2.19. The second-order valence-corrected chi connectivity index (χ2v) is 6.27. The third-order valence-electron chi connectivity index (χ3n) is 3.29. The first-order valence-corrected chi connectivity index (χ1v) is 8.61. The molecule has 0 fully saturated rings. The summed E-state index contributed by atoms with van der Waals surface area (Å²) < 4.78 is 0. The summed E-state index contributed by atoms with van der Waals surface area (Å²) in [6.45, 7) is 7.79. The summed E-state index contributed by atoms with van der Waals surface area (Å²) in [6, 6.07) is 17.2. The second-order valence-electron chi connectivity index (χ2n) is 5.15. The molecule has 25 heavy (non-hydrogen) atoms. The van der Waals surface area contributed by atoms with Crippen LogP contribution in [0.15, 0.2) is 89.7 Å². The van der Waals surface area contributed by atoms with Crippen LogP contribution in [0.25, 0.3) is 0 Å². The molecule has 0 unspecified atom stereocenters. The molecular weight excluding hydrogens is 332 g/mol. The minimum atomic E-state index is -0.676.